The van der Waals surface area contributed by atoms with Crippen molar-refractivity contribution >= 4 is 17.5 Å². The zero-order valence-corrected chi connectivity index (χ0v) is 14.8. The SMILES string of the molecule is O=C(CC1COCCN1)N1CCCN(Cc2ccc(Cl)cc2)CC1. The highest BCUT2D eigenvalue weighted by Gasteiger charge is 2.23. The average molecular weight is 352 g/mol. The number of benzene rings is 1. The monoisotopic (exact) mass is 351 g/mol. The van der Waals surface area contributed by atoms with Crippen LogP contribution in [-0.4, -0.2) is 67.7 Å². The topological polar surface area (TPSA) is 44.8 Å². The fourth-order valence-electron chi connectivity index (χ4n) is 3.32. The van der Waals surface area contributed by atoms with Crippen molar-refractivity contribution in [2.75, 3.05) is 45.9 Å². The Morgan fingerprint density at radius 2 is 2.04 bits per heavy atom. The molecule has 2 saturated heterocycles. The van der Waals surface area contributed by atoms with E-state index < -0.39 is 0 Å². The third kappa shape index (κ3) is 5.18. The molecule has 1 N–H and O–H groups in total. The molecule has 1 atom stereocenters. The number of carbonyl (C=O) groups excluding carboxylic acids is 1. The third-order valence-electron chi connectivity index (χ3n) is 4.68. The van der Waals surface area contributed by atoms with E-state index in [1.807, 2.05) is 17.0 Å². The van der Waals surface area contributed by atoms with E-state index in [4.69, 9.17) is 16.3 Å². The second kappa shape index (κ2) is 8.81. The molecular weight excluding hydrogens is 326 g/mol. The minimum absolute atomic E-state index is 0.166. The first-order valence-corrected chi connectivity index (χ1v) is 9.14. The molecule has 2 heterocycles. The molecule has 132 valence electrons. The number of carbonyl (C=O) groups is 1. The Hall–Kier alpha value is -1.14. The third-order valence-corrected chi connectivity index (χ3v) is 4.93. The Labute approximate surface area is 148 Å². The summed E-state index contributed by atoms with van der Waals surface area (Å²) in [5.74, 6) is 0.242. The number of halogens is 1. The first-order valence-electron chi connectivity index (χ1n) is 8.76. The summed E-state index contributed by atoms with van der Waals surface area (Å²) < 4.78 is 5.44. The zero-order valence-electron chi connectivity index (χ0n) is 14.0. The standard InChI is InChI=1S/C18H26ClN3O2/c19-16-4-2-15(3-5-16)13-21-7-1-8-22(10-9-21)18(23)12-17-14-24-11-6-20-17/h2-5,17,20H,1,6-14H2. The fourth-order valence-corrected chi connectivity index (χ4v) is 3.44. The lowest BCUT2D eigenvalue weighted by molar-refractivity contribution is -0.132. The van der Waals surface area contributed by atoms with Crippen LogP contribution in [0.4, 0.5) is 0 Å². The molecule has 1 aromatic rings. The summed E-state index contributed by atoms with van der Waals surface area (Å²) in [6.45, 7) is 6.74. The molecule has 24 heavy (non-hydrogen) atoms. The van der Waals surface area contributed by atoms with Crippen molar-refractivity contribution in [1.82, 2.24) is 15.1 Å². The highest BCUT2D eigenvalue weighted by molar-refractivity contribution is 6.30. The normalized spacial score (nSPS) is 23.0. The van der Waals surface area contributed by atoms with E-state index >= 15 is 0 Å². The van der Waals surface area contributed by atoms with Gasteiger partial charge in [-0.15, -0.1) is 0 Å². The molecule has 2 aliphatic heterocycles. The number of nitrogens with zero attached hydrogens (tertiary/aromatic N) is 2. The minimum atomic E-state index is 0.166. The van der Waals surface area contributed by atoms with E-state index in [2.05, 4.69) is 22.3 Å². The van der Waals surface area contributed by atoms with Gasteiger partial charge in [0.15, 0.2) is 0 Å². The molecule has 0 radical (unpaired) electrons. The Bertz CT molecular complexity index is 532. The zero-order chi connectivity index (χ0) is 16.8. The van der Waals surface area contributed by atoms with Gasteiger partial charge in [-0.3, -0.25) is 9.69 Å². The number of rotatable bonds is 4. The van der Waals surface area contributed by atoms with Crippen LogP contribution in [0.15, 0.2) is 24.3 Å². The van der Waals surface area contributed by atoms with E-state index in [1.54, 1.807) is 0 Å². The lowest BCUT2D eigenvalue weighted by atomic mass is 10.1. The molecule has 0 aliphatic carbocycles. The van der Waals surface area contributed by atoms with Gasteiger partial charge in [-0.25, -0.2) is 0 Å². The number of nitrogens with one attached hydrogen (secondary N) is 1. The summed E-state index contributed by atoms with van der Waals surface area (Å²) in [6.07, 6.45) is 1.56. The van der Waals surface area contributed by atoms with E-state index in [9.17, 15) is 4.79 Å². The van der Waals surface area contributed by atoms with E-state index in [0.29, 0.717) is 13.0 Å². The second-order valence-corrected chi connectivity index (χ2v) is 7.00. The van der Waals surface area contributed by atoms with Crippen molar-refractivity contribution in [3.05, 3.63) is 34.9 Å². The maximum absolute atomic E-state index is 12.5. The summed E-state index contributed by atoms with van der Waals surface area (Å²) in [5, 5.41) is 4.13. The van der Waals surface area contributed by atoms with Crippen molar-refractivity contribution in [2.45, 2.75) is 25.4 Å². The van der Waals surface area contributed by atoms with Crippen LogP contribution in [0.1, 0.15) is 18.4 Å². The van der Waals surface area contributed by atoms with Crippen molar-refractivity contribution in [1.29, 1.82) is 0 Å². The number of amides is 1. The van der Waals surface area contributed by atoms with Gasteiger partial charge in [0.1, 0.15) is 0 Å². The maximum Gasteiger partial charge on any atom is 0.224 e. The largest absolute Gasteiger partial charge is 0.378 e. The summed E-state index contributed by atoms with van der Waals surface area (Å²) in [5.41, 5.74) is 1.27. The smallest absolute Gasteiger partial charge is 0.224 e. The molecule has 3 rings (SSSR count). The highest BCUT2D eigenvalue weighted by atomic mass is 35.5. The van der Waals surface area contributed by atoms with Gasteiger partial charge >= 0.3 is 0 Å². The van der Waals surface area contributed by atoms with Crippen molar-refractivity contribution in [3.63, 3.8) is 0 Å². The number of hydrogen-bond donors (Lipinski definition) is 1. The lowest BCUT2D eigenvalue weighted by Gasteiger charge is -2.27. The van der Waals surface area contributed by atoms with Gasteiger partial charge in [-0.2, -0.15) is 0 Å². The van der Waals surface area contributed by atoms with Crippen molar-refractivity contribution in [3.8, 4) is 0 Å². The highest BCUT2D eigenvalue weighted by Crippen LogP contribution is 2.14. The molecule has 0 saturated carbocycles. The van der Waals surface area contributed by atoms with Gasteiger partial charge < -0.3 is 15.0 Å². The molecule has 1 aromatic carbocycles. The summed E-state index contributed by atoms with van der Waals surface area (Å²) in [7, 11) is 0. The summed E-state index contributed by atoms with van der Waals surface area (Å²) >= 11 is 5.94. The van der Waals surface area contributed by atoms with E-state index in [0.717, 1.165) is 57.3 Å². The molecule has 1 amide bonds. The van der Waals surface area contributed by atoms with Crippen LogP contribution in [0.5, 0.6) is 0 Å². The Balaban J connectivity index is 1.47. The minimum Gasteiger partial charge on any atom is -0.378 e. The molecule has 5 nitrogen and oxygen atoms in total. The fraction of sp³-hybridized carbons (Fsp3) is 0.611. The molecular formula is C18H26ClN3O2. The predicted molar refractivity (Wildman–Crippen MR) is 95.2 cm³/mol. The van der Waals surface area contributed by atoms with Crippen LogP contribution in [0, 0.1) is 0 Å². The first kappa shape index (κ1) is 17.7. The molecule has 2 aliphatic rings. The second-order valence-electron chi connectivity index (χ2n) is 6.57. The predicted octanol–water partition coefficient (Wildman–Crippen LogP) is 1.75. The molecule has 2 fully saturated rings. The summed E-state index contributed by atoms with van der Waals surface area (Å²) in [6, 6.07) is 8.18. The number of ether oxygens (including phenoxy) is 1. The van der Waals surface area contributed by atoms with Crippen LogP contribution in [-0.2, 0) is 16.1 Å². The van der Waals surface area contributed by atoms with Crippen LogP contribution >= 0.6 is 11.6 Å². The van der Waals surface area contributed by atoms with Crippen LogP contribution in [0.3, 0.4) is 0 Å². The van der Waals surface area contributed by atoms with Gasteiger partial charge in [-0.05, 0) is 24.1 Å². The van der Waals surface area contributed by atoms with Gasteiger partial charge in [0, 0.05) is 56.8 Å². The first-order chi connectivity index (χ1) is 11.7. The molecule has 0 aromatic heterocycles. The molecule has 6 heteroatoms. The van der Waals surface area contributed by atoms with E-state index in [-0.39, 0.29) is 11.9 Å². The Morgan fingerprint density at radius 3 is 2.79 bits per heavy atom. The lowest BCUT2D eigenvalue weighted by Crippen LogP contribution is -2.45. The van der Waals surface area contributed by atoms with Crippen LogP contribution in [0.2, 0.25) is 5.02 Å². The van der Waals surface area contributed by atoms with Crippen LogP contribution in [0.25, 0.3) is 0 Å². The Kier molecular flexibility index (Phi) is 6.49. The Morgan fingerprint density at radius 1 is 1.21 bits per heavy atom. The number of hydrogen-bond acceptors (Lipinski definition) is 4. The van der Waals surface area contributed by atoms with Gasteiger partial charge in [0.05, 0.1) is 13.2 Å². The molecule has 0 bridgehead atoms. The summed E-state index contributed by atoms with van der Waals surface area (Å²) in [4.78, 5) is 16.9. The van der Waals surface area contributed by atoms with Crippen molar-refractivity contribution < 1.29 is 9.53 Å². The van der Waals surface area contributed by atoms with Gasteiger partial charge in [0.2, 0.25) is 5.91 Å². The van der Waals surface area contributed by atoms with Gasteiger partial charge in [0.25, 0.3) is 0 Å². The van der Waals surface area contributed by atoms with E-state index in [1.165, 1.54) is 5.56 Å². The van der Waals surface area contributed by atoms with Crippen LogP contribution < -0.4 is 5.32 Å². The van der Waals surface area contributed by atoms with Crippen molar-refractivity contribution in [2.24, 2.45) is 0 Å². The quantitative estimate of drug-likeness (QED) is 0.897. The average Bonchev–Trinajstić information content (AvgIpc) is 2.83. The van der Waals surface area contributed by atoms with Gasteiger partial charge in [-0.1, -0.05) is 23.7 Å². The number of morpholine rings is 1. The molecule has 1 unspecified atom stereocenters. The molecule has 0 spiro atoms. The maximum atomic E-state index is 12.5.